The van der Waals surface area contributed by atoms with Gasteiger partial charge in [0, 0.05) is 5.56 Å². The quantitative estimate of drug-likeness (QED) is 0.753. The Morgan fingerprint density at radius 3 is 2.70 bits per heavy atom. The second kappa shape index (κ2) is 4.61. The summed E-state index contributed by atoms with van der Waals surface area (Å²) in [7, 11) is 0. The van der Waals surface area contributed by atoms with Gasteiger partial charge in [0.05, 0.1) is 10.3 Å². The van der Waals surface area contributed by atoms with Gasteiger partial charge < -0.3 is 10.2 Å². The topological polar surface area (TPSA) is 70.4 Å². The first-order valence-electron chi connectivity index (χ1n) is 5.99. The predicted octanol–water partition coefficient (Wildman–Crippen LogP) is 3.68. The minimum atomic E-state index is -0.934. The molecule has 0 fully saturated rings. The smallest absolute Gasteiger partial charge is 0.335 e. The van der Waals surface area contributed by atoms with E-state index in [1.165, 1.54) is 11.3 Å². The summed E-state index contributed by atoms with van der Waals surface area (Å²) < 4.78 is 0.903. The standard InChI is InChI=1S/C15H11NO3S/c1-8-7-9(5-6-10(8)15(18)19)14-16-13-11(17)3-2-4-12(13)20-14/h2-7,17H,1H3,(H,18,19). The summed E-state index contributed by atoms with van der Waals surface area (Å²) in [4.78, 5) is 15.4. The van der Waals surface area contributed by atoms with Crippen molar-refractivity contribution in [2.24, 2.45) is 0 Å². The Bertz CT molecular complexity index is 823. The molecule has 5 heteroatoms. The molecule has 0 unspecified atom stereocenters. The third-order valence-corrected chi connectivity index (χ3v) is 4.17. The highest BCUT2D eigenvalue weighted by Crippen LogP contribution is 2.34. The molecule has 0 aliphatic heterocycles. The second-order valence-electron chi connectivity index (χ2n) is 4.48. The van der Waals surface area contributed by atoms with Gasteiger partial charge >= 0.3 is 5.97 Å². The van der Waals surface area contributed by atoms with Crippen LogP contribution in [0.4, 0.5) is 0 Å². The van der Waals surface area contributed by atoms with Crippen LogP contribution in [-0.4, -0.2) is 21.2 Å². The average molecular weight is 285 g/mol. The van der Waals surface area contributed by atoms with Crippen molar-refractivity contribution >= 4 is 27.5 Å². The summed E-state index contributed by atoms with van der Waals surface area (Å²) in [6, 6.07) is 10.4. The van der Waals surface area contributed by atoms with E-state index in [1.807, 2.05) is 6.07 Å². The average Bonchev–Trinajstić information content (AvgIpc) is 2.83. The van der Waals surface area contributed by atoms with Crippen molar-refractivity contribution in [2.75, 3.05) is 0 Å². The minimum Gasteiger partial charge on any atom is -0.506 e. The first-order chi connectivity index (χ1) is 9.56. The maximum atomic E-state index is 11.0. The van der Waals surface area contributed by atoms with E-state index in [0.29, 0.717) is 11.1 Å². The van der Waals surface area contributed by atoms with Crippen molar-refractivity contribution in [3.63, 3.8) is 0 Å². The lowest BCUT2D eigenvalue weighted by molar-refractivity contribution is 0.0696. The van der Waals surface area contributed by atoms with Crippen LogP contribution in [0.1, 0.15) is 15.9 Å². The number of phenols is 1. The summed E-state index contributed by atoms with van der Waals surface area (Å²) >= 11 is 1.47. The van der Waals surface area contributed by atoms with Crippen LogP contribution >= 0.6 is 11.3 Å². The number of benzene rings is 2. The molecule has 100 valence electrons. The molecule has 0 atom stereocenters. The fourth-order valence-corrected chi connectivity index (χ4v) is 3.08. The van der Waals surface area contributed by atoms with Gasteiger partial charge in [0.25, 0.3) is 0 Å². The number of aromatic hydroxyl groups is 1. The van der Waals surface area contributed by atoms with Crippen LogP contribution in [0.15, 0.2) is 36.4 Å². The number of rotatable bonds is 2. The molecular formula is C15H11NO3S. The Kier molecular flexibility index (Phi) is 2.91. The molecule has 4 nitrogen and oxygen atoms in total. The lowest BCUT2D eigenvalue weighted by Gasteiger charge is -2.02. The Balaban J connectivity index is 2.13. The normalized spacial score (nSPS) is 10.8. The summed E-state index contributed by atoms with van der Waals surface area (Å²) in [6.07, 6.45) is 0. The highest BCUT2D eigenvalue weighted by Gasteiger charge is 2.12. The molecule has 0 aliphatic carbocycles. The van der Waals surface area contributed by atoms with Crippen molar-refractivity contribution < 1.29 is 15.0 Å². The van der Waals surface area contributed by atoms with Crippen LogP contribution in [0.2, 0.25) is 0 Å². The molecule has 3 rings (SSSR count). The van der Waals surface area contributed by atoms with Crippen LogP contribution in [0, 0.1) is 6.92 Å². The summed E-state index contributed by atoms with van der Waals surface area (Å²) in [5, 5.41) is 19.6. The molecule has 0 saturated heterocycles. The van der Waals surface area contributed by atoms with Gasteiger partial charge in [0.15, 0.2) is 0 Å². The highest BCUT2D eigenvalue weighted by molar-refractivity contribution is 7.21. The largest absolute Gasteiger partial charge is 0.506 e. The van der Waals surface area contributed by atoms with Crippen molar-refractivity contribution in [3.8, 4) is 16.3 Å². The SMILES string of the molecule is Cc1cc(-c2nc3c(O)cccc3s2)ccc1C(=O)O. The Morgan fingerprint density at radius 1 is 1.25 bits per heavy atom. The summed E-state index contributed by atoms with van der Waals surface area (Å²) in [6.45, 7) is 1.76. The number of hydrogen-bond acceptors (Lipinski definition) is 4. The van der Waals surface area contributed by atoms with Crippen molar-refractivity contribution in [1.29, 1.82) is 0 Å². The zero-order valence-corrected chi connectivity index (χ0v) is 11.4. The van der Waals surface area contributed by atoms with E-state index in [0.717, 1.165) is 15.3 Å². The van der Waals surface area contributed by atoms with Crippen LogP contribution in [-0.2, 0) is 0 Å². The number of aromatic nitrogens is 1. The maximum Gasteiger partial charge on any atom is 0.335 e. The van der Waals surface area contributed by atoms with Crippen LogP contribution < -0.4 is 0 Å². The third-order valence-electron chi connectivity index (χ3n) is 3.10. The fourth-order valence-electron chi connectivity index (χ4n) is 2.09. The molecular weight excluding hydrogens is 274 g/mol. The zero-order valence-electron chi connectivity index (χ0n) is 10.6. The number of nitrogens with zero attached hydrogens (tertiary/aromatic N) is 1. The van der Waals surface area contributed by atoms with E-state index in [2.05, 4.69) is 4.98 Å². The van der Waals surface area contributed by atoms with Gasteiger partial charge in [-0.25, -0.2) is 9.78 Å². The number of hydrogen-bond donors (Lipinski definition) is 2. The maximum absolute atomic E-state index is 11.0. The van der Waals surface area contributed by atoms with E-state index in [9.17, 15) is 9.90 Å². The molecule has 0 saturated carbocycles. The van der Waals surface area contributed by atoms with Gasteiger partial charge in [-0.3, -0.25) is 0 Å². The number of carbonyl (C=O) groups is 1. The molecule has 2 aromatic carbocycles. The molecule has 1 aromatic heterocycles. The number of phenolic OH excluding ortho intramolecular Hbond substituents is 1. The Morgan fingerprint density at radius 2 is 2.05 bits per heavy atom. The number of thiazole rings is 1. The lowest BCUT2D eigenvalue weighted by atomic mass is 10.1. The Labute approximate surface area is 119 Å². The first kappa shape index (κ1) is 12.6. The lowest BCUT2D eigenvalue weighted by Crippen LogP contribution is -1.99. The monoisotopic (exact) mass is 285 g/mol. The zero-order chi connectivity index (χ0) is 14.3. The first-order valence-corrected chi connectivity index (χ1v) is 6.81. The highest BCUT2D eigenvalue weighted by atomic mass is 32.1. The number of aryl methyl sites for hydroxylation is 1. The molecule has 0 amide bonds. The van der Waals surface area contributed by atoms with E-state index >= 15 is 0 Å². The Hall–Kier alpha value is -2.40. The van der Waals surface area contributed by atoms with Crippen molar-refractivity contribution in [2.45, 2.75) is 6.92 Å². The van der Waals surface area contributed by atoms with E-state index < -0.39 is 5.97 Å². The van der Waals surface area contributed by atoms with E-state index in [4.69, 9.17) is 5.11 Å². The number of para-hydroxylation sites is 1. The predicted molar refractivity (Wildman–Crippen MR) is 78.4 cm³/mol. The third kappa shape index (κ3) is 2.02. The number of fused-ring (bicyclic) bond motifs is 1. The van der Waals surface area contributed by atoms with E-state index in [-0.39, 0.29) is 11.3 Å². The molecule has 1 heterocycles. The van der Waals surface area contributed by atoms with Gasteiger partial charge in [-0.1, -0.05) is 12.1 Å². The van der Waals surface area contributed by atoms with Crippen molar-refractivity contribution in [3.05, 3.63) is 47.5 Å². The molecule has 0 bridgehead atoms. The molecule has 20 heavy (non-hydrogen) atoms. The van der Waals surface area contributed by atoms with Gasteiger partial charge in [-0.15, -0.1) is 11.3 Å². The summed E-state index contributed by atoms with van der Waals surface area (Å²) in [5.41, 5.74) is 2.41. The molecule has 0 spiro atoms. The number of aromatic carboxylic acids is 1. The van der Waals surface area contributed by atoms with Crippen LogP contribution in [0.25, 0.3) is 20.8 Å². The van der Waals surface area contributed by atoms with Crippen LogP contribution in [0.3, 0.4) is 0 Å². The van der Waals surface area contributed by atoms with Gasteiger partial charge in [0.1, 0.15) is 16.3 Å². The number of carboxylic acid groups (broad SMARTS) is 1. The summed E-state index contributed by atoms with van der Waals surface area (Å²) in [5.74, 6) is -0.778. The molecule has 3 aromatic rings. The van der Waals surface area contributed by atoms with Gasteiger partial charge in [0.2, 0.25) is 0 Å². The van der Waals surface area contributed by atoms with Gasteiger partial charge in [-0.2, -0.15) is 0 Å². The van der Waals surface area contributed by atoms with E-state index in [1.54, 1.807) is 37.3 Å². The molecule has 0 radical (unpaired) electrons. The molecule has 2 N–H and O–H groups in total. The fraction of sp³-hybridized carbons (Fsp3) is 0.0667. The molecule has 0 aliphatic rings. The minimum absolute atomic E-state index is 0.156. The van der Waals surface area contributed by atoms with Crippen molar-refractivity contribution in [1.82, 2.24) is 4.98 Å². The van der Waals surface area contributed by atoms with Gasteiger partial charge in [-0.05, 0) is 36.8 Å². The number of carboxylic acids is 1. The second-order valence-corrected chi connectivity index (χ2v) is 5.51. The van der Waals surface area contributed by atoms with Crippen LogP contribution in [0.5, 0.6) is 5.75 Å².